The summed E-state index contributed by atoms with van der Waals surface area (Å²) in [6.45, 7) is 6.92. The van der Waals surface area contributed by atoms with Crippen LogP contribution in [-0.4, -0.2) is 28.0 Å². The zero-order valence-electron chi connectivity index (χ0n) is 11.4. The first-order chi connectivity index (χ1) is 8.66. The fourth-order valence-corrected chi connectivity index (χ4v) is 2.35. The molecule has 19 heavy (non-hydrogen) atoms. The Balaban J connectivity index is 2.92. The van der Waals surface area contributed by atoms with Gasteiger partial charge in [-0.25, -0.2) is 4.98 Å². The van der Waals surface area contributed by atoms with Crippen LogP contribution in [0.5, 0.6) is 0 Å². The second kappa shape index (κ2) is 5.56. The SMILES string of the molecule is CC(C)C(Nc1nc(C(C)(C)C(=O)O)cs1)C(N)=O. The molecule has 0 bridgehead atoms. The number of thiazole rings is 1. The molecule has 6 nitrogen and oxygen atoms in total. The molecule has 0 aliphatic heterocycles. The number of hydrogen-bond acceptors (Lipinski definition) is 5. The van der Waals surface area contributed by atoms with Crippen LogP contribution in [0, 0.1) is 5.92 Å². The second-order valence-corrected chi connectivity index (χ2v) is 6.09. The van der Waals surface area contributed by atoms with Gasteiger partial charge >= 0.3 is 5.97 Å². The molecule has 0 fully saturated rings. The van der Waals surface area contributed by atoms with Crippen molar-refractivity contribution in [1.29, 1.82) is 0 Å². The van der Waals surface area contributed by atoms with Crippen LogP contribution in [0.15, 0.2) is 5.38 Å². The number of nitrogens with zero attached hydrogens (tertiary/aromatic N) is 1. The third-order valence-corrected chi connectivity index (χ3v) is 3.70. The van der Waals surface area contributed by atoms with E-state index in [-0.39, 0.29) is 5.92 Å². The highest BCUT2D eigenvalue weighted by molar-refractivity contribution is 7.13. The predicted octanol–water partition coefficient (Wildman–Crippen LogP) is 1.43. The number of aliphatic carboxylic acids is 1. The zero-order chi connectivity index (χ0) is 14.8. The molecule has 1 atom stereocenters. The standard InChI is InChI=1S/C12H19N3O3S/c1-6(2)8(9(13)16)15-11-14-7(5-19-11)12(3,4)10(17)18/h5-6,8H,1-4H3,(H2,13,16)(H,14,15)(H,17,18). The van der Waals surface area contributed by atoms with Crippen molar-refractivity contribution in [2.45, 2.75) is 39.2 Å². The first-order valence-electron chi connectivity index (χ1n) is 5.91. The molecule has 1 rings (SSSR count). The lowest BCUT2D eigenvalue weighted by molar-refractivity contribution is -0.142. The van der Waals surface area contributed by atoms with Crippen LogP contribution in [0.1, 0.15) is 33.4 Å². The molecule has 0 radical (unpaired) electrons. The van der Waals surface area contributed by atoms with E-state index < -0.39 is 23.3 Å². The molecule has 1 unspecified atom stereocenters. The number of amides is 1. The van der Waals surface area contributed by atoms with Crippen LogP contribution in [0.4, 0.5) is 5.13 Å². The predicted molar refractivity (Wildman–Crippen MR) is 74.2 cm³/mol. The molecule has 0 aliphatic carbocycles. The fraction of sp³-hybridized carbons (Fsp3) is 0.583. The van der Waals surface area contributed by atoms with Gasteiger partial charge in [-0.2, -0.15) is 0 Å². The normalized spacial score (nSPS) is 13.3. The molecule has 7 heteroatoms. The molecular formula is C12H19N3O3S. The Bertz CT molecular complexity index is 482. The molecule has 4 N–H and O–H groups in total. The minimum Gasteiger partial charge on any atom is -0.481 e. The summed E-state index contributed by atoms with van der Waals surface area (Å²) in [6.07, 6.45) is 0. The minimum atomic E-state index is -1.06. The van der Waals surface area contributed by atoms with E-state index >= 15 is 0 Å². The molecule has 1 aromatic heterocycles. The highest BCUT2D eigenvalue weighted by Gasteiger charge is 2.32. The van der Waals surface area contributed by atoms with Gasteiger partial charge in [-0.1, -0.05) is 13.8 Å². The van der Waals surface area contributed by atoms with Gasteiger partial charge in [-0.15, -0.1) is 11.3 Å². The Labute approximate surface area is 116 Å². The summed E-state index contributed by atoms with van der Waals surface area (Å²) in [7, 11) is 0. The van der Waals surface area contributed by atoms with Crippen molar-refractivity contribution in [3.05, 3.63) is 11.1 Å². The summed E-state index contributed by atoms with van der Waals surface area (Å²) in [4.78, 5) is 26.7. The second-order valence-electron chi connectivity index (χ2n) is 5.24. The Morgan fingerprint density at radius 1 is 1.47 bits per heavy atom. The van der Waals surface area contributed by atoms with E-state index in [1.54, 1.807) is 19.2 Å². The van der Waals surface area contributed by atoms with Crippen LogP contribution < -0.4 is 11.1 Å². The van der Waals surface area contributed by atoms with E-state index in [4.69, 9.17) is 10.8 Å². The number of rotatable bonds is 6. The van der Waals surface area contributed by atoms with Crippen molar-refractivity contribution >= 4 is 28.3 Å². The topological polar surface area (TPSA) is 105 Å². The maximum absolute atomic E-state index is 11.3. The van der Waals surface area contributed by atoms with E-state index in [1.165, 1.54) is 11.3 Å². The molecule has 1 heterocycles. The first-order valence-corrected chi connectivity index (χ1v) is 6.79. The summed E-state index contributed by atoms with van der Waals surface area (Å²) in [5.74, 6) is -1.37. The van der Waals surface area contributed by atoms with Crippen molar-refractivity contribution in [3.8, 4) is 0 Å². The van der Waals surface area contributed by atoms with E-state index in [1.807, 2.05) is 13.8 Å². The number of nitrogens with one attached hydrogen (secondary N) is 1. The van der Waals surface area contributed by atoms with Gasteiger partial charge in [-0.05, 0) is 19.8 Å². The monoisotopic (exact) mass is 285 g/mol. The summed E-state index contributed by atoms with van der Waals surface area (Å²) >= 11 is 1.26. The molecule has 1 aromatic rings. The lowest BCUT2D eigenvalue weighted by Crippen LogP contribution is -2.39. The van der Waals surface area contributed by atoms with Crippen LogP contribution in [0.3, 0.4) is 0 Å². The van der Waals surface area contributed by atoms with E-state index in [0.717, 1.165) is 0 Å². The number of nitrogens with two attached hydrogens (primary N) is 1. The van der Waals surface area contributed by atoms with Crippen LogP contribution >= 0.6 is 11.3 Å². The highest BCUT2D eigenvalue weighted by atomic mass is 32.1. The number of carbonyl (C=O) groups is 2. The molecule has 106 valence electrons. The summed E-state index contributed by atoms with van der Waals surface area (Å²) in [5, 5.41) is 14.3. The number of aromatic nitrogens is 1. The van der Waals surface area contributed by atoms with Gasteiger partial charge in [0, 0.05) is 5.38 Å². The van der Waals surface area contributed by atoms with Crippen molar-refractivity contribution < 1.29 is 14.7 Å². The van der Waals surface area contributed by atoms with Gasteiger partial charge in [0.25, 0.3) is 0 Å². The van der Waals surface area contributed by atoms with Crippen LogP contribution in [0.2, 0.25) is 0 Å². The number of carboxylic acid groups (broad SMARTS) is 1. The Kier molecular flexibility index (Phi) is 4.52. The Morgan fingerprint density at radius 2 is 2.05 bits per heavy atom. The summed E-state index contributed by atoms with van der Waals surface area (Å²) in [5.41, 5.74) is 4.71. The maximum Gasteiger partial charge on any atom is 0.315 e. The van der Waals surface area contributed by atoms with Crippen molar-refractivity contribution in [1.82, 2.24) is 4.98 Å². The smallest absolute Gasteiger partial charge is 0.315 e. The van der Waals surface area contributed by atoms with Gasteiger partial charge in [0.15, 0.2) is 5.13 Å². The fourth-order valence-electron chi connectivity index (χ4n) is 1.44. The highest BCUT2D eigenvalue weighted by Crippen LogP contribution is 2.28. The zero-order valence-corrected chi connectivity index (χ0v) is 12.2. The van der Waals surface area contributed by atoms with Gasteiger partial charge in [0.05, 0.1) is 5.69 Å². The molecular weight excluding hydrogens is 266 g/mol. The molecule has 0 spiro atoms. The number of carboxylic acids is 1. The number of carbonyl (C=O) groups excluding carboxylic acids is 1. The summed E-state index contributed by atoms with van der Waals surface area (Å²) in [6, 6.07) is -0.521. The molecule has 1 amide bonds. The van der Waals surface area contributed by atoms with Crippen molar-refractivity contribution in [2.24, 2.45) is 11.7 Å². The lowest BCUT2D eigenvalue weighted by atomic mass is 9.90. The third kappa shape index (κ3) is 3.44. The van der Waals surface area contributed by atoms with Crippen molar-refractivity contribution in [2.75, 3.05) is 5.32 Å². The summed E-state index contributed by atoms with van der Waals surface area (Å²) < 4.78 is 0. The average molecular weight is 285 g/mol. The Hall–Kier alpha value is -1.63. The quantitative estimate of drug-likeness (QED) is 0.733. The van der Waals surface area contributed by atoms with Gasteiger partial charge in [0.2, 0.25) is 5.91 Å². The van der Waals surface area contributed by atoms with Crippen molar-refractivity contribution in [3.63, 3.8) is 0 Å². The van der Waals surface area contributed by atoms with Crippen LogP contribution in [-0.2, 0) is 15.0 Å². The van der Waals surface area contributed by atoms with E-state index in [9.17, 15) is 9.59 Å². The van der Waals surface area contributed by atoms with Gasteiger partial charge < -0.3 is 16.2 Å². The van der Waals surface area contributed by atoms with E-state index in [2.05, 4.69) is 10.3 Å². The van der Waals surface area contributed by atoms with Gasteiger partial charge in [-0.3, -0.25) is 9.59 Å². The Morgan fingerprint density at radius 3 is 2.47 bits per heavy atom. The average Bonchev–Trinajstić information content (AvgIpc) is 2.73. The minimum absolute atomic E-state index is 0.0253. The molecule has 0 aliphatic rings. The number of anilines is 1. The number of hydrogen-bond donors (Lipinski definition) is 3. The van der Waals surface area contributed by atoms with Crippen LogP contribution in [0.25, 0.3) is 0 Å². The van der Waals surface area contributed by atoms with E-state index in [0.29, 0.717) is 10.8 Å². The third-order valence-electron chi connectivity index (χ3n) is 2.93. The first kappa shape index (κ1) is 15.4. The lowest BCUT2D eigenvalue weighted by Gasteiger charge is -2.18. The molecule has 0 saturated carbocycles. The maximum atomic E-state index is 11.3. The molecule has 0 aromatic carbocycles. The largest absolute Gasteiger partial charge is 0.481 e. The van der Waals surface area contributed by atoms with Gasteiger partial charge in [0.1, 0.15) is 11.5 Å². The molecule has 0 saturated heterocycles. The number of primary amides is 1.